The summed E-state index contributed by atoms with van der Waals surface area (Å²) in [5.41, 5.74) is 3.90. The standard InChI is InChI=1S/C22H24N4O/c1-17-15-21(19-9-5-6-10-20(19)23-17)24-22(27)16-25-11-13-26(14-12-25)18-7-3-2-4-8-18/h2-10,15H,11-14,16H2,1H3,(H,23,24,27). The number of rotatable bonds is 4. The Labute approximate surface area is 159 Å². The van der Waals surface area contributed by atoms with Gasteiger partial charge in [0, 0.05) is 42.9 Å². The zero-order valence-electron chi connectivity index (χ0n) is 15.6. The number of para-hydroxylation sites is 2. The fraction of sp³-hybridized carbons (Fsp3) is 0.273. The number of benzene rings is 2. The van der Waals surface area contributed by atoms with Gasteiger partial charge in [0.1, 0.15) is 0 Å². The topological polar surface area (TPSA) is 48.5 Å². The SMILES string of the molecule is Cc1cc(NC(=O)CN2CCN(c3ccccc3)CC2)c2ccccc2n1. The largest absolute Gasteiger partial charge is 0.369 e. The third-order valence-corrected chi connectivity index (χ3v) is 4.98. The molecule has 0 spiro atoms. The molecule has 1 aromatic heterocycles. The number of nitrogens with one attached hydrogen (secondary N) is 1. The van der Waals surface area contributed by atoms with Gasteiger partial charge < -0.3 is 10.2 Å². The van der Waals surface area contributed by atoms with Crippen LogP contribution in [0.25, 0.3) is 10.9 Å². The van der Waals surface area contributed by atoms with Gasteiger partial charge in [-0.15, -0.1) is 0 Å². The molecule has 0 saturated carbocycles. The van der Waals surface area contributed by atoms with E-state index in [9.17, 15) is 4.79 Å². The van der Waals surface area contributed by atoms with Gasteiger partial charge in [-0.25, -0.2) is 0 Å². The predicted molar refractivity (Wildman–Crippen MR) is 110 cm³/mol. The maximum absolute atomic E-state index is 12.6. The third-order valence-electron chi connectivity index (χ3n) is 4.98. The number of fused-ring (bicyclic) bond motifs is 1. The average Bonchev–Trinajstić information content (AvgIpc) is 2.69. The van der Waals surface area contributed by atoms with Crippen LogP contribution < -0.4 is 10.2 Å². The maximum Gasteiger partial charge on any atom is 0.238 e. The predicted octanol–water partition coefficient (Wildman–Crippen LogP) is 3.30. The van der Waals surface area contributed by atoms with Gasteiger partial charge >= 0.3 is 0 Å². The Morgan fingerprint density at radius 3 is 2.48 bits per heavy atom. The van der Waals surface area contributed by atoms with Crippen LogP contribution in [0, 0.1) is 6.92 Å². The minimum absolute atomic E-state index is 0.0268. The fourth-order valence-corrected chi connectivity index (χ4v) is 3.61. The molecule has 0 bridgehead atoms. The first kappa shape index (κ1) is 17.5. The number of aryl methyl sites for hydroxylation is 1. The van der Waals surface area contributed by atoms with E-state index in [0.717, 1.165) is 48.5 Å². The number of hydrogen-bond acceptors (Lipinski definition) is 4. The molecule has 5 heteroatoms. The molecule has 0 atom stereocenters. The van der Waals surface area contributed by atoms with Gasteiger partial charge in [0.05, 0.1) is 17.7 Å². The molecular formula is C22H24N4O. The third kappa shape index (κ3) is 4.09. The lowest BCUT2D eigenvalue weighted by Crippen LogP contribution is -2.48. The van der Waals surface area contributed by atoms with Gasteiger partial charge in [0.25, 0.3) is 0 Å². The lowest BCUT2D eigenvalue weighted by molar-refractivity contribution is -0.117. The summed E-state index contributed by atoms with van der Waals surface area (Å²) >= 11 is 0. The second-order valence-electron chi connectivity index (χ2n) is 6.98. The first-order valence-electron chi connectivity index (χ1n) is 9.38. The molecule has 1 aliphatic rings. The Morgan fingerprint density at radius 1 is 1.00 bits per heavy atom. The van der Waals surface area contributed by atoms with Crippen molar-refractivity contribution in [3.8, 4) is 0 Å². The maximum atomic E-state index is 12.6. The number of anilines is 2. The van der Waals surface area contributed by atoms with Gasteiger partial charge in [0.2, 0.25) is 5.91 Å². The van der Waals surface area contributed by atoms with Crippen molar-refractivity contribution >= 4 is 28.2 Å². The van der Waals surface area contributed by atoms with Crippen LogP contribution in [-0.2, 0) is 4.79 Å². The van der Waals surface area contributed by atoms with E-state index in [1.807, 2.05) is 43.3 Å². The van der Waals surface area contributed by atoms with E-state index in [1.165, 1.54) is 5.69 Å². The molecule has 4 rings (SSSR count). The van der Waals surface area contributed by atoms with Crippen LogP contribution in [0.3, 0.4) is 0 Å². The van der Waals surface area contributed by atoms with E-state index in [2.05, 4.69) is 44.4 Å². The molecule has 2 aromatic carbocycles. The van der Waals surface area contributed by atoms with Crippen molar-refractivity contribution in [3.63, 3.8) is 0 Å². The Hall–Kier alpha value is -2.92. The zero-order chi connectivity index (χ0) is 18.6. The summed E-state index contributed by atoms with van der Waals surface area (Å²) in [6.45, 7) is 6.02. The smallest absolute Gasteiger partial charge is 0.238 e. The van der Waals surface area contributed by atoms with Gasteiger partial charge in [-0.05, 0) is 31.2 Å². The van der Waals surface area contributed by atoms with Crippen molar-refractivity contribution in [2.24, 2.45) is 0 Å². The van der Waals surface area contributed by atoms with Crippen molar-refractivity contribution in [2.75, 3.05) is 42.9 Å². The normalized spacial score (nSPS) is 15.1. The number of nitrogens with zero attached hydrogens (tertiary/aromatic N) is 3. The molecule has 27 heavy (non-hydrogen) atoms. The number of carbonyl (C=O) groups is 1. The summed E-state index contributed by atoms with van der Waals surface area (Å²) in [6, 6.07) is 20.3. The van der Waals surface area contributed by atoms with Crippen LogP contribution in [-0.4, -0.2) is 48.5 Å². The lowest BCUT2D eigenvalue weighted by atomic mass is 10.1. The number of aromatic nitrogens is 1. The molecule has 1 fully saturated rings. The number of piperazine rings is 1. The second-order valence-corrected chi connectivity index (χ2v) is 6.98. The van der Waals surface area contributed by atoms with E-state index in [0.29, 0.717) is 6.54 Å². The lowest BCUT2D eigenvalue weighted by Gasteiger charge is -2.35. The molecule has 2 heterocycles. The molecule has 1 amide bonds. The van der Waals surface area contributed by atoms with Gasteiger partial charge in [-0.2, -0.15) is 0 Å². The van der Waals surface area contributed by atoms with Gasteiger partial charge in [-0.3, -0.25) is 14.7 Å². The van der Waals surface area contributed by atoms with Crippen molar-refractivity contribution in [1.29, 1.82) is 0 Å². The van der Waals surface area contributed by atoms with Crippen molar-refractivity contribution in [1.82, 2.24) is 9.88 Å². The number of carbonyl (C=O) groups excluding carboxylic acids is 1. The highest BCUT2D eigenvalue weighted by Gasteiger charge is 2.19. The van der Waals surface area contributed by atoms with E-state index in [-0.39, 0.29) is 5.91 Å². The highest BCUT2D eigenvalue weighted by molar-refractivity contribution is 6.01. The van der Waals surface area contributed by atoms with Crippen LogP contribution in [0.15, 0.2) is 60.7 Å². The average molecular weight is 360 g/mol. The molecule has 5 nitrogen and oxygen atoms in total. The Balaban J connectivity index is 1.37. The molecule has 0 aliphatic carbocycles. The minimum Gasteiger partial charge on any atom is -0.369 e. The minimum atomic E-state index is 0.0268. The summed E-state index contributed by atoms with van der Waals surface area (Å²) in [7, 11) is 0. The van der Waals surface area contributed by atoms with Gasteiger partial charge in [0.15, 0.2) is 0 Å². The molecule has 3 aromatic rings. The summed E-state index contributed by atoms with van der Waals surface area (Å²) in [6.07, 6.45) is 0. The number of amides is 1. The molecular weight excluding hydrogens is 336 g/mol. The van der Waals surface area contributed by atoms with Crippen molar-refractivity contribution in [2.45, 2.75) is 6.92 Å². The first-order chi connectivity index (χ1) is 13.2. The van der Waals surface area contributed by atoms with Gasteiger partial charge in [-0.1, -0.05) is 36.4 Å². The summed E-state index contributed by atoms with van der Waals surface area (Å²) in [4.78, 5) is 21.7. The number of pyridine rings is 1. The Kier molecular flexibility index (Phi) is 5.03. The summed E-state index contributed by atoms with van der Waals surface area (Å²) in [5, 5.41) is 4.06. The monoisotopic (exact) mass is 360 g/mol. The molecule has 0 unspecified atom stereocenters. The Bertz CT molecular complexity index is 933. The van der Waals surface area contributed by atoms with E-state index in [4.69, 9.17) is 0 Å². The number of hydrogen-bond donors (Lipinski definition) is 1. The summed E-state index contributed by atoms with van der Waals surface area (Å²) in [5.74, 6) is 0.0268. The highest BCUT2D eigenvalue weighted by atomic mass is 16.2. The van der Waals surface area contributed by atoms with E-state index < -0.39 is 0 Å². The molecule has 138 valence electrons. The molecule has 1 saturated heterocycles. The van der Waals surface area contributed by atoms with Crippen LogP contribution in [0.2, 0.25) is 0 Å². The van der Waals surface area contributed by atoms with Crippen molar-refractivity contribution in [3.05, 3.63) is 66.4 Å². The van der Waals surface area contributed by atoms with Crippen LogP contribution in [0.4, 0.5) is 11.4 Å². The van der Waals surface area contributed by atoms with Crippen LogP contribution in [0.5, 0.6) is 0 Å². The first-order valence-corrected chi connectivity index (χ1v) is 9.38. The molecule has 1 aliphatic heterocycles. The van der Waals surface area contributed by atoms with Crippen LogP contribution in [0.1, 0.15) is 5.69 Å². The second kappa shape index (κ2) is 7.76. The molecule has 0 radical (unpaired) electrons. The molecule has 1 N–H and O–H groups in total. The van der Waals surface area contributed by atoms with Crippen molar-refractivity contribution < 1.29 is 4.79 Å². The van der Waals surface area contributed by atoms with E-state index >= 15 is 0 Å². The van der Waals surface area contributed by atoms with E-state index in [1.54, 1.807) is 0 Å². The zero-order valence-corrected chi connectivity index (χ0v) is 15.6. The summed E-state index contributed by atoms with van der Waals surface area (Å²) < 4.78 is 0. The Morgan fingerprint density at radius 2 is 1.70 bits per heavy atom. The quantitative estimate of drug-likeness (QED) is 0.776. The fourth-order valence-electron chi connectivity index (χ4n) is 3.61. The highest BCUT2D eigenvalue weighted by Crippen LogP contribution is 2.23. The van der Waals surface area contributed by atoms with Crippen LogP contribution >= 0.6 is 0 Å².